The predicted octanol–water partition coefficient (Wildman–Crippen LogP) is 5.73. The van der Waals surface area contributed by atoms with Crippen molar-refractivity contribution in [2.24, 2.45) is 0 Å². The highest BCUT2D eigenvalue weighted by Gasteiger charge is 2.20. The second-order valence-corrected chi connectivity index (χ2v) is 8.16. The van der Waals surface area contributed by atoms with Crippen molar-refractivity contribution in [2.75, 3.05) is 33.4 Å². The maximum atomic E-state index is 11.7. The van der Waals surface area contributed by atoms with Crippen molar-refractivity contribution in [3.8, 4) is 0 Å². The van der Waals surface area contributed by atoms with E-state index in [0.29, 0.717) is 19.1 Å². The van der Waals surface area contributed by atoms with Gasteiger partial charge in [0.05, 0.1) is 12.7 Å². The number of methoxy groups -OCH3 is 1. The molecule has 0 aromatic carbocycles. The van der Waals surface area contributed by atoms with E-state index in [1.807, 2.05) is 7.11 Å². The van der Waals surface area contributed by atoms with Crippen LogP contribution < -0.4 is 0 Å². The fourth-order valence-corrected chi connectivity index (χ4v) is 3.82. The van der Waals surface area contributed by atoms with Crippen LogP contribution in [0.25, 0.3) is 0 Å². The second-order valence-electron chi connectivity index (χ2n) is 8.16. The minimum Gasteiger partial charge on any atom is -0.466 e. The molecule has 0 amide bonds. The normalized spacial score (nSPS) is 17.5. The topological polar surface area (TPSA) is 38.8 Å². The maximum absolute atomic E-state index is 11.7. The zero-order chi connectivity index (χ0) is 19.6. The standard InChI is InChI=1S/C23H45NO3/c1-3-4-5-6-7-8-9-12-15-20-27-23(25)16-13-10-11-14-18-24-19-17-22(21-24)26-2/h22H,3-21H2,1-2H3. The van der Waals surface area contributed by atoms with E-state index < -0.39 is 0 Å². The molecule has 1 atom stereocenters. The smallest absolute Gasteiger partial charge is 0.305 e. The zero-order valence-corrected chi connectivity index (χ0v) is 18.2. The van der Waals surface area contributed by atoms with Gasteiger partial charge in [0.25, 0.3) is 0 Å². The number of carbonyl (C=O) groups excluding carboxylic acids is 1. The van der Waals surface area contributed by atoms with E-state index in [4.69, 9.17) is 9.47 Å². The number of unbranched alkanes of at least 4 members (excludes halogenated alkanes) is 11. The summed E-state index contributed by atoms with van der Waals surface area (Å²) in [4.78, 5) is 14.2. The van der Waals surface area contributed by atoms with Gasteiger partial charge in [-0.1, -0.05) is 71.1 Å². The van der Waals surface area contributed by atoms with Crippen molar-refractivity contribution >= 4 is 5.97 Å². The third-order valence-electron chi connectivity index (χ3n) is 5.68. The lowest BCUT2D eigenvalue weighted by Crippen LogP contribution is -2.23. The molecule has 1 aliphatic rings. The molecule has 1 heterocycles. The molecule has 0 aromatic heterocycles. The Morgan fingerprint density at radius 1 is 0.889 bits per heavy atom. The largest absolute Gasteiger partial charge is 0.466 e. The summed E-state index contributed by atoms with van der Waals surface area (Å²) >= 11 is 0. The van der Waals surface area contributed by atoms with E-state index in [1.54, 1.807) is 0 Å². The Balaban J connectivity index is 1.77. The van der Waals surface area contributed by atoms with Crippen LogP contribution in [0.2, 0.25) is 0 Å². The third-order valence-corrected chi connectivity index (χ3v) is 5.68. The second kappa shape index (κ2) is 17.5. The van der Waals surface area contributed by atoms with Crippen LogP contribution >= 0.6 is 0 Å². The Morgan fingerprint density at radius 2 is 1.52 bits per heavy atom. The van der Waals surface area contributed by atoms with E-state index in [0.717, 1.165) is 25.8 Å². The Labute approximate surface area is 168 Å². The summed E-state index contributed by atoms with van der Waals surface area (Å²) < 4.78 is 10.7. The monoisotopic (exact) mass is 383 g/mol. The zero-order valence-electron chi connectivity index (χ0n) is 18.2. The first-order valence-corrected chi connectivity index (χ1v) is 11.7. The lowest BCUT2D eigenvalue weighted by molar-refractivity contribution is -0.143. The Bertz CT molecular complexity index is 349. The van der Waals surface area contributed by atoms with Gasteiger partial charge in [0.15, 0.2) is 0 Å². The van der Waals surface area contributed by atoms with Crippen LogP contribution in [0, 0.1) is 0 Å². The fraction of sp³-hybridized carbons (Fsp3) is 0.957. The molecule has 1 saturated heterocycles. The van der Waals surface area contributed by atoms with Gasteiger partial charge in [0.2, 0.25) is 0 Å². The summed E-state index contributed by atoms with van der Waals surface area (Å²) in [6.07, 6.45) is 18.4. The molecule has 27 heavy (non-hydrogen) atoms. The molecular formula is C23H45NO3. The molecule has 1 unspecified atom stereocenters. The predicted molar refractivity (Wildman–Crippen MR) is 113 cm³/mol. The molecule has 0 spiro atoms. The number of carbonyl (C=O) groups is 1. The maximum Gasteiger partial charge on any atom is 0.305 e. The van der Waals surface area contributed by atoms with Gasteiger partial charge in [0.1, 0.15) is 0 Å². The van der Waals surface area contributed by atoms with Gasteiger partial charge >= 0.3 is 5.97 Å². The molecule has 0 aliphatic carbocycles. The van der Waals surface area contributed by atoms with E-state index in [1.165, 1.54) is 83.7 Å². The SMILES string of the molecule is CCCCCCCCCCCOC(=O)CCCCCCN1CCC(OC)C1. The summed E-state index contributed by atoms with van der Waals surface area (Å²) in [6, 6.07) is 0. The summed E-state index contributed by atoms with van der Waals surface area (Å²) in [5.41, 5.74) is 0. The Hall–Kier alpha value is -0.610. The highest BCUT2D eigenvalue weighted by Crippen LogP contribution is 2.14. The van der Waals surface area contributed by atoms with Crippen LogP contribution in [0.15, 0.2) is 0 Å². The minimum atomic E-state index is -0.00274. The first kappa shape index (κ1) is 24.4. The highest BCUT2D eigenvalue weighted by atomic mass is 16.5. The van der Waals surface area contributed by atoms with Crippen LogP contribution in [0.3, 0.4) is 0 Å². The van der Waals surface area contributed by atoms with Crippen molar-refractivity contribution in [3.63, 3.8) is 0 Å². The van der Waals surface area contributed by atoms with Gasteiger partial charge in [-0.2, -0.15) is 0 Å². The van der Waals surface area contributed by atoms with E-state index >= 15 is 0 Å². The average Bonchev–Trinajstić information content (AvgIpc) is 3.14. The third kappa shape index (κ3) is 14.1. The van der Waals surface area contributed by atoms with E-state index in [2.05, 4.69) is 11.8 Å². The number of ether oxygens (including phenoxy) is 2. The van der Waals surface area contributed by atoms with Crippen LogP contribution in [-0.4, -0.2) is 50.3 Å². The summed E-state index contributed by atoms with van der Waals surface area (Å²) in [5, 5.41) is 0. The lowest BCUT2D eigenvalue weighted by atomic mass is 10.1. The molecule has 4 heteroatoms. The molecule has 160 valence electrons. The van der Waals surface area contributed by atoms with Crippen molar-refractivity contribution in [3.05, 3.63) is 0 Å². The molecule has 0 aromatic rings. The van der Waals surface area contributed by atoms with Gasteiger partial charge in [-0.05, 0) is 32.2 Å². The summed E-state index contributed by atoms with van der Waals surface area (Å²) in [7, 11) is 1.81. The highest BCUT2D eigenvalue weighted by molar-refractivity contribution is 5.69. The molecule has 1 fully saturated rings. The van der Waals surface area contributed by atoms with Crippen LogP contribution in [-0.2, 0) is 14.3 Å². The average molecular weight is 384 g/mol. The van der Waals surface area contributed by atoms with E-state index in [-0.39, 0.29) is 5.97 Å². The minimum absolute atomic E-state index is 0.00274. The van der Waals surface area contributed by atoms with Gasteiger partial charge in [-0.15, -0.1) is 0 Å². The number of esters is 1. The van der Waals surface area contributed by atoms with Gasteiger partial charge in [0, 0.05) is 26.6 Å². The molecule has 1 rings (SSSR count). The van der Waals surface area contributed by atoms with Crippen molar-refractivity contribution in [1.82, 2.24) is 4.90 Å². The molecule has 1 aliphatic heterocycles. The molecule has 0 radical (unpaired) electrons. The van der Waals surface area contributed by atoms with Gasteiger partial charge in [-0.25, -0.2) is 0 Å². The Morgan fingerprint density at radius 3 is 2.19 bits per heavy atom. The molecule has 0 bridgehead atoms. The molecule has 0 N–H and O–H groups in total. The Kier molecular flexibility index (Phi) is 15.8. The molecule has 4 nitrogen and oxygen atoms in total. The number of likely N-dealkylation sites (tertiary alicyclic amines) is 1. The van der Waals surface area contributed by atoms with Crippen LogP contribution in [0.1, 0.15) is 103 Å². The quantitative estimate of drug-likeness (QED) is 0.224. The number of hydrogen-bond donors (Lipinski definition) is 0. The molecule has 0 saturated carbocycles. The van der Waals surface area contributed by atoms with Gasteiger partial charge in [-0.3, -0.25) is 4.79 Å². The van der Waals surface area contributed by atoms with Crippen molar-refractivity contribution < 1.29 is 14.3 Å². The molecular weight excluding hydrogens is 338 g/mol. The van der Waals surface area contributed by atoms with E-state index in [9.17, 15) is 4.79 Å². The number of nitrogens with zero attached hydrogens (tertiary/aromatic N) is 1. The first-order chi connectivity index (χ1) is 13.3. The van der Waals surface area contributed by atoms with Crippen LogP contribution in [0.4, 0.5) is 0 Å². The summed E-state index contributed by atoms with van der Waals surface area (Å²) in [5.74, 6) is -0.00274. The van der Waals surface area contributed by atoms with Gasteiger partial charge < -0.3 is 14.4 Å². The fourth-order valence-electron chi connectivity index (χ4n) is 3.82. The lowest BCUT2D eigenvalue weighted by Gasteiger charge is -2.15. The van der Waals surface area contributed by atoms with Crippen LogP contribution in [0.5, 0.6) is 0 Å². The first-order valence-electron chi connectivity index (χ1n) is 11.7. The van der Waals surface area contributed by atoms with Crippen molar-refractivity contribution in [1.29, 1.82) is 0 Å². The number of hydrogen-bond acceptors (Lipinski definition) is 4. The number of rotatable bonds is 18. The van der Waals surface area contributed by atoms with Crippen molar-refractivity contribution in [2.45, 2.75) is 109 Å². The summed E-state index contributed by atoms with van der Waals surface area (Å²) in [6.45, 7) is 6.30.